The van der Waals surface area contributed by atoms with Crippen LogP contribution in [0.5, 0.6) is 0 Å². The van der Waals surface area contributed by atoms with E-state index < -0.39 is 0 Å². The van der Waals surface area contributed by atoms with Gasteiger partial charge in [-0.1, -0.05) is 17.3 Å². The van der Waals surface area contributed by atoms with E-state index in [1.807, 2.05) is 12.1 Å². The van der Waals surface area contributed by atoms with Crippen molar-refractivity contribution in [3.05, 3.63) is 52.9 Å². The molecule has 0 saturated carbocycles. The van der Waals surface area contributed by atoms with Crippen molar-refractivity contribution in [2.45, 2.75) is 19.6 Å². The van der Waals surface area contributed by atoms with Gasteiger partial charge in [0.05, 0.1) is 24.8 Å². The van der Waals surface area contributed by atoms with Crippen LogP contribution in [0.3, 0.4) is 0 Å². The first-order valence-corrected chi connectivity index (χ1v) is 8.13. The second-order valence-corrected chi connectivity index (χ2v) is 5.92. The molecule has 1 aliphatic heterocycles. The summed E-state index contributed by atoms with van der Waals surface area (Å²) in [5.74, 6) is 0.600. The average Bonchev–Trinajstić information content (AvgIpc) is 3.32. The van der Waals surface area contributed by atoms with Crippen LogP contribution in [0.1, 0.15) is 33.8 Å². The summed E-state index contributed by atoms with van der Waals surface area (Å²) in [6.07, 6.45) is 0.966. The molecule has 130 valence electrons. The predicted octanol–water partition coefficient (Wildman–Crippen LogP) is 2.03. The van der Waals surface area contributed by atoms with Crippen molar-refractivity contribution in [1.82, 2.24) is 10.5 Å². The van der Waals surface area contributed by atoms with Crippen LogP contribution in [0.2, 0.25) is 0 Å². The number of hydrogen-bond acceptors (Lipinski definition) is 6. The molecule has 2 aromatic rings. The van der Waals surface area contributed by atoms with Crippen LogP contribution < -0.4 is 5.32 Å². The molecular weight excluding hydrogens is 322 g/mol. The van der Waals surface area contributed by atoms with Gasteiger partial charge in [-0.05, 0) is 24.1 Å². The Bertz CT molecular complexity index is 742. The quantitative estimate of drug-likeness (QED) is 0.827. The first-order chi connectivity index (χ1) is 12.2. The van der Waals surface area contributed by atoms with Crippen LogP contribution in [0.15, 0.2) is 34.9 Å². The van der Waals surface area contributed by atoms with Gasteiger partial charge in [-0.25, -0.2) is 0 Å². The Morgan fingerprint density at radius 3 is 2.92 bits per heavy atom. The monoisotopic (exact) mass is 341 g/mol. The lowest BCUT2D eigenvalue weighted by Crippen LogP contribution is -2.29. The van der Waals surface area contributed by atoms with Crippen LogP contribution in [-0.4, -0.2) is 30.8 Å². The van der Waals surface area contributed by atoms with E-state index in [2.05, 4.69) is 16.5 Å². The highest BCUT2D eigenvalue weighted by Crippen LogP contribution is 2.12. The molecule has 7 heteroatoms. The highest BCUT2D eigenvalue weighted by Gasteiger charge is 2.18. The fraction of sp³-hybridized carbons (Fsp3) is 0.389. The number of nitrogens with zero attached hydrogens (tertiary/aromatic N) is 2. The number of rotatable bonds is 7. The smallest absolute Gasteiger partial charge is 0.273 e. The van der Waals surface area contributed by atoms with Crippen LogP contribution >= 0.6 is 0 Å². The van der Waals surface area contributed by atoms with Gasteiger partial charge >= 0.3 is 0 Å². The van der Waals surface area contributed by atoms with Gasteiger partial charge in [0, 0.05) is 25.1 Å². The van der Waals surface area contributed by atoms with Crippen LogP contribution in [0.25, 0.3) is 0 Å². The largest absolute Gasteiger partial charge is 0.381 e. The van der Waals surface area contributed by atoms with E-state index in [0.717, 1.165) is 18.6 Å². The maximum atomic E-state index is 12.0. The number of ether oxygens (including phenoxy) is 2. The van der Waals surface area contributed by atoms with E-state index >= 15 is 0 Å². The maximum absolute atomic E-state index is 12.0. The van der Waals surface area contributed by atoms with Crippen LogP contribution in [0, 0.1) is 17.2 Å². The molecule has 0 spiro atoms. The summed E-state index contributed by atoms with van der Waals surface area (Å²) in [7, 11) is 0. The Morgan fingerprint density at radius 1 is 1.36 bits per heavy atom. The molecule has 1 amide bonds. The highest BCUT2D eigenvalue weighted by molar-refractivity contribution is 5.92. The van der Waals surface area contributed by atoms with Gasteiger partial charge in [0.2, 0.25) is 0 Å². The number of nitriles is 1. The Balaban J connectivity index is 1.42. The number of nitrogens with one attached hydrogen (secondary N) is 1. The Hall–Kier alpha value is -2.69. The van der Waals surface area contributed by atoms with Gasteiger partial charge in [0.25, 0.3) is 5.91 Å². The molecule has 7 nitrogen and oxygen atoms in total. The zero-order chi connectivity index (χ0) is 17.5. The van der Waals surface area contributed by atoms with Crippen LogP contribution in [0.4, 0.5) is 0 Å². The minimum atomic E-state index is -0.256. The number of hydrogen-bond donors (Lipinski definition) is 1. The molecule has 2 heterocycles. The molecule has 1 aromatic carbocycles. The molecule has 1 saturated heterocycles. The number of benzene rings is 1. The number of amides is 1. The van der Waals surface area contributed by atoms with E-state index in [-0.39, 0.29) is 18.2 Å². The third-order valence-electron chi connectivity index (χ3n) is 3.96. The lowest BCUT2D eigenvalue weighted by atomic mass is 10.1. The summed E-state index contributed by atoms with van der Waals surface area (Å²) in [6, 6.07) is 10.8. The van der Waals surface area contributed by atoms with Crippen molar-refractivity contribution in [3.8, 4) is 6.07 Å². The zero-order valence-corrected chi connectivity index (χ0v) is 13.7. The normalized spacial score (nSPS) is 16.5. The van der Waals surface area contributed by atoms with Gasteiger partial charge < -0.3 is 19.3 Å². The second-order valence-electron chi connectivity index (χ2n) is 5.92. The summed E-state index contributed by atoms with van der Waals surface area (Å²) in [6.45, 7) is 2.63. The van der Waals surface area contributed by atoms with E-state index in [0.29, 0.717) is 37.0 Å². The zero-order valence-electron chi connectivity index (χ0n) is 13.7. The minimum absolute atomic E-state index is 0.219. The number of carbonyl (C=O) groups is 1. The van der Waals surface area contributed by atoms with Gasteiger partial charge in [0.1, 0.15) is 6.61 Å². The van der Waals surface area contributed by atoms with E-state index in [4.69, 9.17) is 19.3 Å². The van der Waals surface area contributed by atoms with Crippen molar-refractivity contribution >= 4 is 5.91 Å². The molecule has 1 N–H and O–H groups in total. The predicted molar refractivity (Wildman–Crippen MR) is 87.4 cm³/mol. The molecule has 1 fully saturated rings. The summed E-state index contributed by atoms with van der Waals surface area (Å²) in [5.41, 5.74) is 1.81. The third-order valence-corrected chi connectivity index (χ3v) is 3.96. The maximum Gasteiger partial charge on any atom is 0.273 e. The average molecular weight is 341 g/mol. The Kier molecular flexibility index (Phi) is 5.77. The molecule has 0 aliphatic carbocycles. The van der Waals surface area contributed by atoms with Gasteiger partial charge in [0.15, 0.2) is 11.5 Å². The lowest BCUT2D eigenvalue weighted by Gasteiger charge is -2.07. The van der Waals surface area contributed by atoms with E-state index in [1.54, 1.807) is 18.2 Å². The molecule has 1 aliphatic rings. The SMILES string of the molecule is N#Cc1ccc(COCc2cc(C(=O)NCC3CCOC3)no2)cc1. The molecule has 0 radical (unpaired) electrons. The molecule has 1 atom stereocenters. The van der Waals surface area contributed by atoms with Gasteiger partial charge in [-0.2, -0.15) is 5.26 Å². The van der Waals surface area contributed by atoms with Crippen molar-refractivity contribution in [3.63, 3.8) is 0 Å². The Labute approximate surface area is 145 Å². The topological polar surface area (TPSA) is 97.4 Å². The fourth-order valence-electron chi connectivity index (χ4n) is 2.50. The standard InChI is InChI=1S/C18H19N3O4/c19-8-13-1-3-14(4-2-13)10-24-12-16-7-17(21-25-16)18(22)20-9-15-5-6-23-11-15/h1-4,7,15H,5-6,9-12H2,(H,20,22). The molecular formula is C18H19N3O4. The fourth-order valence-corrected chi connectivity index (χ4v) is 2.50. The minimum Gasteiger partial charge on any atom is -0.381 e. The highest BCUT2D eigenvalue weighted by atomic mass is 16.5. The van der Waals surface area contributed by atoms with Gasteiger partial charge in [-0.15, -0.1) is 0 Å². The van der Waals surface area contributed by atoms with Crippen molar-refractivity contribution in [1.29, 1.82) is 5.26 Å². The van der Waals surface area contributed by atoms with E-state index in [1.165, 1.54) is 0 Å². The van der Waals surface area contributed by atoms with Crippen LogP contribution in [-0.2, 0) is 22.7 Å². The molecule has 3 rings (SSSR count). The van der Waals surface area contributed by atoms with E-state index in [9.17, 15) is 4.79 Å². The summed E-state index contributed by atoms with van der Waals surface area (Å²) >= 11 is 0. The first-order valence-electron chi connectivity index (χ1n) is 8.13. The molecule has 1 aromatic heterocycles. The second kappa shape index (κ2) is 8.42. The Morgan fingerprint density at radius 2 is 2.20 bits per heavy atom. The van der Waals surface area contributed by atoms with Gasteiger partial charge in [-0.3, -0.25) is 4.79 Å². The van der Waals surface area contributed by atoms with Crippen molar-refractivity contribution in [2.24, 2.45) is 5.92 Å². The lowest BCUT2D eigenvalue weighted by molar-refractivity contribution is 0.0877. The number of carbonyl (C=O) groups excluding carboxylic acids is 1. The molecule has 25 heavy (non-hydrogen) atoms. The molecule has 0 bridgehead atoms. The summed E-state index contributed by atoms with van der Waals surface area (Å²) in [4.78, 5) is 12.0. The first kappa shape index (κ1) is 17.1. The van der Waals surface area contributed by atoms with Crippen molar-refractivity contribution in [2.75, 3.05) is 19.8 Å². The third kappa shape index (κ3) is 4.89. The number of aromatic nitrogens is 1. The molecule has 1 unspecified atom stereocenters. The summed E-state index contributed by atoms with van der Waals surface area (Å²) < 4.78 is 16.0. The van der Waals surface area contributed by atoms with Crippen molar-refractivity contribution < 1.29 is 18.8 Å². The summed E-state index contributed by atoms with van der Waals surface area (Å²) in [5, 5.41) is 15.4.